The molecule has 2 heterocycles. The highest BCUT2D eigenvalue weighted by Gasteiger charge is 2.09. The molecule has 0 bridgehead atoms. The Balaban J connectivity index is 1.85. The Labute approximate surface area is 119 Å². The normalized spacial score (nSPS) is 11.6. The zero-order chi connectivity index (χ0) is 14.6. The van der Waals surface area contributed by atoms with Gasteiger partial charge in [0, 0.05) is 18.2 Å². The lowest BCUT2D eigenvalue weighted by Crippen LogP contribution is -2.35. The summed E-state index contributed by atoms with van der Waals surface area (Å²) in [6.45, 7) is 9.37. The lowest BCUT2D eigenvalue weighted by molar-refractivity contribution is 0.248. The molecule has 108 valence electrons. The second kappa shape index (κ2) is 6.05. The summed E-state index contributed by atoms with van der Waals surface area (Å²) in [5.41, 5.74) is 1.93. The van der Waals surface area contributed by atoms with Gasteiger partial charge in [0.05, 0.1) is 17.6 Å². The van der Waals surface area contributed by atoms with Crippen LogP contribution in [-0.4, -0.2) is 15.7 Å². The van der Waals surface area contributed by atoms with Gasteiger partial charge in [-0.3, -0.25) is 4.98 Å². The topological polar surface area (TPSA) is 60.2 Å². The second-order valence-corrected chi connectivity index (χ2v) is 5.81. The van der Waals surface area contributed by atoms with Crippen molar-refractivity contribution in [1.29, 1.82) is 0 Å². The molecule has 0 unspecified atom stereocenters. The van der Waals surface area contributed by atoms with E-state index in [0.717, 1.165) is 23.7 Å². The Hall–Kier alpha value is -1.88. The summed E-state index contributed by atoms with van der Waals surface area (Å²) in [6.07, 6.45) is 1.73. The number of nitrogens with one attached hydrogen (secondary N) is 1. The summed E-state index contributed by atoms with van der Waals surface area (Å²) < 4.78 is 10.7. The Bertz CT molecular complexity index is 541. The Morgan fingerprint density at radius 3 is 2.65 bits per heavy atom. The summed E-state index contributed by atoms with van der Waals surface area (Å²) in [7, 11) is 0. The van der Waals surface area contributed by atoms with Gasteiger partial charge in [0.2, 0.25) is 0 Å². The molecular weight excluding hydrogens is 254 g/mol. The number of hydrogen-bond acceptors (Lipinski definition) is 5. The van der Waals surface area contributed by atoms with Gasteiger partial charge in [-0.25, -0.2) is 0 Å². The predicted octanol–water partition coefficient (Wildman–Crippen LogP) is 2.85. The highest BCUT2D eigenvalue weighted by atomic mass is 16.5. The van der Waals surface area contributed by atoms with E-state index < -0.39 is 0 Å². The number of ether oxygens (including phenoxy) is 1. The average molecular weight is 275 g/mol. The van der Waals surface area contributed by atoms with E-state index in [2.05, 4.69) is 36.2 Å². The minimum absolute atomic E-state index is 0.0843. The van der Waals surface area contributed by atoms with Crippen LogP contribution < -0.4 is 10.1 Å². The van der Waals surface area contributed by atoms with Crippen LogP contribution in [0.3, 0.4) is 0 Å². The molecule has 0 radical (unpaired) electrons. The van der Waals surface area contributed by atoms with Crippen LogP contribution in [0.25, 0.3) is 0 Å². The Morgan fingerprint density at radius 1 is 1.30 bits per heavy atom. The number of aryl methyl sites for hydroxylation is 1. The van der Waals surface area contributed by atoms with E-state index in [4.69, 9.17) is 9.26 Å². The van der Waals surface area contributed by atoms with Crippen LogP contribution in [0.2, 0.25) is 0 Å². The van der Waals surface area contributed by atoms with Crippen molar-refractivity contribution in [3.8, 4) is 5.75 Å². The molecule has 0 saturated carbocycles. The maximum atomic E-state index is 5.59. The van der Waals surface area contributed by atoms with Gasteiger partial charge in [0.25, 0.3) is 0 Å². The molecule has 1 N–H and O–H groups in total. The van der Waals surface area contributed by atoms with E-state index in [0.29, 0.717) is 12.4 Å². The maximum Gasteiger partial charge on any atom is 0.174 e. The lowest BCUT2D eigenvalue weighted by Gasteiger charge is -2.20. The molecule has 5 heteroatoms. The van der Waals surface area contributed by atoms with Crippen molar-refractivity contribution in [2.75, 3.05) is 0 Å². The monoisotopic (exact) mass is 275 g/mol. The van der Waals surface area contributed by atoms with Crippen molar-refractivity contribution < 1.29 is 9.26 Å². The van der Waals surface area contributed by atoms with Crippen LogP contribution in [0.15, 0.2) is 28.9 Å². The summed E-state index contributed by atoms with van der Waals surface area (Å²) in [5, 5.41) is 7.20. The molecule has 0 aliphatic carbocycles. The molecule has 0 fully saturated rings. The smallest absolute Gasteiger partial charge is 0.174 e. The molecule has 5 nitrogen and oxygen atoms in total. The quantitative estimate of drug-likeness (QED) is 0.909. The summed E-state index contributed by atoms with van der Waals surface area (Å²) in [6, 6.07) is 5.73. The zero-order valence-electron chi connectivity index (χ0n) is 12.4. The van der Waals surface area contributed by atoms with Crippen LogP contribution in [0.5, 0.6) is 5.75 Å². The van der Waals surface area contributed by atoms with Gasteiger partial charge >= 0.3 is 0 Å². The summed E-state index contributed by atoms with van der Waals surface area (Å²) in [5.74, 6) is 1.43. The fraction of sp³-hybridized carbons (Fsp3) is 0.467. The van der Waals surface area contributed by atoms with Gasteiger partial charge < -0.3 is 14.6 Å². The first-order valence-corrected chi connectivity index (χ1v) is 6.67. The van der Waals surface area contributed by atoms with Gasteiger partial charge in [-0.2, -0.15) is 0 Å². The third-order valence-corrected chi connectivity index (χ3v) is 2.66. The summed E-state index contributed by atoms with van der Waals surface area (Å²) >= 11 is 0. The minimum atomic E-state index is 0.0843. The van der Waals surface area contributed by atoms with Gasteiger partial charge in [-0.15, -0.1) is 0 Å². The fourth-order valence-corrected chi connectivity index (χ4v) is 1.60. The van der Waals surface area contributed by atoms with Crippen LogP contribution >= 0.6 is 0 Å². The zero-order valence-corrected chi connectivity index (χ0v) is 12.4. The first-order chi connectivity index (χ1) is 9.42. The minimum Gasteiger partial charge on any atom is -0.484 e. The van der Waals surface area contributed by atoms with E-state index in [1.807, 2.05) is 25.1 Å². The molecule has 0 saturated heterocycles. The van der Waals surface area contributed by atoms with E-state index in [1.165, 1.54) is 0 Å². The SMILES string of the molecule is Cc1cc(COc2ccc(CNC(C)(C)C)nc2)on1. The van der Waals surface area contributed by atoms with Gasteiger partial charge in [-0.1, -0.05) is 5.16 Å². The maximum absolute atomic E-state index is 5.59. The second-order valence-electron chi connectivity index (χ2n) is 5.81. The molecule has 0 aliphatic heterocycles. The van der Waals surface area contributed by atoms with Crippen molar-refractivity contribution >= 4 is 0 Å². The van der Waals surface area contributed by atoms with Gasteiger partial charge in [0.1, 0.15) is 12.4 Å². The molecule has 20 heavy (non-hydrogen) atoms. The van der Waals surface area contributed by atoms with Gasteiger partial charge in [-0.05, 0) is 39.8 Å². The molecule has 0 atom stereocenters. The lowest BCUT2D eigenvalue weighted by atomic mass is 10.1. The Kier molecular flexibility index (Phi) is 4.39. The number of pyridine rings is 1. The van der Waals surface area contributed by atoms with E-state index in [9.17, 15) is 0 Å². The highest BCUT2D eigenvalue weighted by molar-refractivity contribution is 5.20. The van der Waals surface area contributed by atoms with E-state index >= 15 is 0 Å². The van der Waals surface area contributed by atoms with Crippen molar-refractivity contribution in [1.82, 2.24) is 15.5 Å². The van der Waals surface area contributed by atoms with Gasteiger partial charge in [0.15, 0.2) is 5.76 Å². The third-order valence-electron chi connectivity index (χ3n) is 2.66. The first-order valence-electron chi connectivity index (χ1n) is 6.67. The summed E-state index contributed by atoms with van der Waals surface area (Å²) in [4.78, 5) is 4.37. The Morgan fingerprint density at radius 2 is 2.10 bits per heavy atom. The fourth-order valence-electron chi connectivity index (χ4n) is 1.60. The molecular formula is C15H21N3O2. The molecule has 2 aromatic rings. The molecule has 0 spiro atoms. The van der Waals surface area contributed by atoms with E-state index in [-0.39, 0.29) is 5.54 Å². The first kappa shape index (κ1) is 14.5. The standard InChI is InChI=1S/C15H21N3O2/c1-11-7-14(20-18-11)10-19-13-6-5-12(16-9-13)8-17-15(2,3)4/h5-7,9,17H,8,10H2,1-4H3. The van der Waals surface area contributed by atoms with Crippen molar-refractivity contribution in [3.63, 3.8) is 0 Å². The van der Waals surface area contributed by atoms with Crippen LogP contribution in [0.4, 0.5) is 0 Å². The average Bonchev–Trinajstić information content (AvgIpc) is 2.80. The molecule has 2 aromatic heterocycles. The molecule has 0 aromatic carbocycles. The third kappa shape index (κ3) is 4.66. The highest BCUT2D eigenvalue weighted by Crippen LogP contribution is 2.13. The predicted molar refractivity (Wildman–Crippen MR) is 76.4 cm³/mol. The molecule has 0 amide bonds. The number of rotatable bonds is 5. The number of nitrogens with zero attached hydrogens (tertiary/aromatic N) is 2. The molecule has 2 rings (SSSR count). The largest absolute Gasteiger partial charge is 0.484 e. The number of hydrogen-bond donors (Lipinski definition) is 1. The van der Waals surface area contributed by atoms with Crippen LogP contribution in [0, 0.1) is 6.92 Å². The number of aromatic nitrogens is 2. The van der Waals surface area contributed by atoms with Crippen LogP contribution in [-0.2, 0) is 13.2 Å². The van der Waals surface area contributed by atoms with Crippen LogP contribution in [0.1, 0.15) is 37.9 Å². The van der Waals surface area contributed by atoms with Crippen molar-refractivity contribution in [3.05, 3.63) is 41.5 Å². The van der Waals surface area contributed by atoms with E-state index in [1.54, 1.807) is 6.20 Å². The molecule has 0 aliphatic rings. The van der Waals surface area contributed by atoms with Crippen molar-refractivity contribution in [2.24, 2.45) is 0 Å². The van der Waals surface area contributed by atoms with Crippen molar-refractivity contribution in [2.45, 2.75) is 46.4 Å².